The molecule has 0 aliphatic carbocycles. The van der Waals surface area contributed by atoms with Crippen molar-refractivity contribution in [2.75, 3.05) is 11.6 Å². The third-order valence-corrected chi connectivity index (χ3v) is 4.30. The fourth-order valence-electron chi connectivity index (χ4n) is 2.26. The van der Waals surface area contributed by atoms with Gasteiger partial charge in [0.05, 0.1) is 10.5 Å². The zero-order chi connectivity index (χ0) is 19.2. The minimum atomic E-state index is -0.496. The number of thioether (sulfide) groups is 1. The highest BCUT2D eigenvalue weighted by molar-refractivity contribution is 7.98. The summed E-state index contributed by atoms with van der Waals surface area (Å²) in [4.78, 5) is 23.3. The first kappa shape index (κ1) is 18.3. The number of benzene rings is 2. The van der Waals surface area contributed by atoms with Crippen molar-refractivity contribution < 1.29 is 14.1 Å². The molecule has 0 saturated heterocycles. The van der Waals surface area contributed by atoms with Crippen LogP contribution in [0.4, 0.5) is 11.7 Å². The number of non-ortho nitro benzene ring substituents is 1. The van der Waals surface area contributed by atoms with Crippen LogP contribution in [0.15, 0.2) is 63.9 Å². The van der Waals surface area contributed by atoms with E-state index in [0.717, 1.165) is 10.5 Å². The van der Waals surface area contributed by atoms with Crippen molar-refractivity contribution >= 4 is 35.4 Å². The van der Waals surface area contributed by atoms with E-state index in [1.165, 1.54) is 24.3 Å². The smallest absolute Gasteiger partial charge is 0.322 e. The van der Waals surface area contributed by atoms with Crippen molar-refractivity contribution in [2.24, 2.45) is 0 Å². The molecule has 0 unspecified atom stereocenters. The van der Waals surface area contributed by atoms with Crippen LogP contribution in [0.3, 0.4) is 0 Å². The Morgan fingerprint density at radius 2 is 2.04 bits per heavy atom. The van der Waals surface area contributed by atoms with Crippen molar-refractivity contribution in [1.29, 1.82) is 0 Å². The van der Waals surface area contributed by atoms with Crippen molar-refractivity contribution in [2.45, 2.75) is 4.90 Å². The highest BCUT2D eigenvalue weighted by atomic mass is 32.2. The van der Waals surface area contributed by atoms with Crippen LogP contribution in [-0.2, 0) is 4.79 Å². The molecule has 8 nitrogen and oxygen atoms in total. The number of carbonyl (C=O) groups excluding carboxylic acids is 1. The predicted molar refractivity (Wildman–Crippen MR) is 102 cm³/mol. The van der Waals surface area contributed by atoms with Crippen LogP contribution >= 0.6 is 11.8 Å². The Bertz CT molecular complexity index is 1020. The number of hydrogen-bond donors (Lipinski definition) is 1. The Hall–Kier alpha value is -3.46. The third-order valence-electron chi connectivity index (χ3n) is 3.50. The second-order valence-corrected chi connectivity index (χ2v) is 6.14. The van der Waals surface area contributed by atoms with E-state index < -0.39 is 10.8 Å². The molecule has 1 amide bonds. The highest BCUT2D eigenvalue weighted by Crippen LogP contribution is 2.29. The fraction of sp³-hybridized carbons (Fsp3) is 0.0556. The fourth-order valence-corrected chi connectivity index (χ4v) is 2.85. The van der Waals surface area contributed by atoms with Crippen molar-refractivity contribution in [3.63, 3.8) is 0 Å². The van der Waals surface area contributed by atoms with Crippen molar-refractivity contribution in [3.8, 4) is 11.5 Å². The van der Waals surface area contributed by atoms with Crippen molar-refractivity contribution in [1.82, 2.24) is 10.2 Å². The normalized spacial score (nSPS) is 10.9. The van der Waals surface area contributed by atoms with Gasteiger partial charge in [0, 0.05) is 23.1 Å². The number of carbonyl (C=O) groups is 1. The molecule has 9 heteroatoms. The molecular formula is C18H14N4O4S. The van der Waals surface area contributed by atoms with E-state index >= 15 is 0 Å². The van der Waals surface area contributed by atoms with Gasteiger partial charge in [0.15, 0.2) is 0 Å². The molecule has 0 fully saturated rings. The number of nitrogens with zero attached hydrogens (tertiary/aromatic N) is 3. The van der Waals surface area contributed by atoms with Crippen LogP contribution in [0.1, 0.15) is 5.56 Å². The molecule has 0 atom stereocenters. The monoisotopic (exact) mass is 382 g/mol. The molecule has 0 aliphatic rings. The SMILES string of the molecule is CSc1ccccc1-c1nnc(NC(=O)C=Cc2cccc([N+](=O)[O-])c2)o1. The summed E-state index contributed by atoms with van der Waals surface area (Å²) in [5.74, 6) is -0.187. The lowest BCUT2D eigenvalue weighted by molar-refractivity contribution is -0.384. The standard InChI is InChI=1S/C18H14N4O4S/c1-27-15-8-3-2-7-14(15)17-20-21-18(26-17)19-16(23)10-9-12-5-4-6-13(11-12)22(24)25/h2-11H,1H3,(H,19,21,23). The number of rotatable bonds is 6. The lowest BCUT2D eigenvalue weighted by atomic mass is 10.2. The summed E-state index contributed by atoms with van der Waals surface area (Å²) < 4.78 is 5.49. The molecule has 27 heavy (non-hydrogen) atoms. The number of anilines is 1. The first-order chi connectivity index (χ1) is 13.1. The second kappa shape index (κ2) is 8.28. The Balaban J connectivity index is 1.69. The summed E-state index contributed by atoms with van der Waals surface area (Å²) in [5, 5.41) is 21.0. The molecule has 2 aromatic carbocycles. The number of nitrogens with one attached hydrogen (secondary N) is 1. The van der Waals surface area contributed by atoms with Gasteiger partial charge in [0.1, 0.15) is 0 Å². The molecule has 0 saturated carbocycles. The van der Waals surface area contributed by atoms with E-state index in [4.69, 9.17) is 4.42 Å². The third kappa shape index (κ3) is 4.59. The Morgan fingerprint density at radius 1 is 1.22 bits per heavy atom. The highest BCUT2D eigenvalue weighted by Gasteiger charge is 2.13. The zero-order valence-corrected chi connectivity index (χ0v) is 15.0. The maximum Gasteiger partial charge on any atom is 0.322 e. The summed E-state index contributed by atoms with van der Waals surface area (Å²) in [7, 11) is 0. The van der Waals surface area contributed by atoms with Crippen LogP contribution < -0.4 is 5.32 Å². The number of hydrogen-bond acceptors (Lipinski definition) is 7. The van der Waals surface area contributed by atoms with Gasteiger partial charge >= 0.3 is 6.01 Å². The molecule has 0 aliphatic heterocycles. The van der Waals surface area contributed by atoms with Gasteiger partial charge in [-0.15, -0.1) is 16.9 Å². The van der Waals surface area contributed by atoms with Gasteiger partial charge in [0.2, 0.25) is 0 Å². The molecule has 3 rings (SSSR count). The Kier molecular flexibility index (Phi) is 5.62. The van der Waals surface area contributed by atoms with Crippen LogP contribution in [0.2, 0.25) is 0 Å². The second-order valence-electron chi connectivity index (χ2n) is 5.29. The number of amides is 1. The Labute approximate surface area is 158 Å². The van der Waals surface area contributed by atoms with Crippen LogP contribution in [0, 0.1) is 10.1 Å². The molecule has 136 valence electrons. The summed E-state index contributed by atoms with van der Waals surface area (Å²) in [6, 6.07) is 13.5. The van der Waals surface area contributed by atoms with Gasteiger partial charge in [-0.1, -0.05) is 29.4 Å². The van der Waals surface area contributed by atoms with Gasteiger partial charge in [-0.05, 0) is 30.0 Å². The molecule has 1 heterocycles. The van der Waals surface area contributed by atoms with Gasteiger partial charge in [-0.25, -0.2) is 0 Å². The minimum absolute atomic E-state index is 0.0328. The maximum absolute atomic E-state index is 12.0. The summed E-state index contributed by atoms with van der Waals surface area (Å²) in [5.41, 5.74) is 1.26. The van der Waals surface area contributed by atoms with Gasteiger partial charge in [-0.2, -0.15) is 0 Å². The average molecular weight is 382 g/mol. The van der Waals surface area contributed by atoms with E-state index in [-0.39, 0.29) is 11.7 Å². The van der Waals surface area contributed by atoms with Crippen LogP contribution in [0.5, 0.6) is 0 Å². The Morgan fingerprint density at radius 3 is 2.81 bits per heavy atom. The summed E-state index contributed by atoms with van der Waals surface area (Å²) in [6.45, 7) is 0. The molecule has 0 bridgehead atoms. The molecule has 1 aromatic heterocycles. The topological polar surface area (TPSA) is 111 Å². The van der Waals surface area contributed by atoms with E-state index in [0.29, 0.717) is 11.5 Å². The zero-order valence-electron chi connectivity index (χ0n) is 14.2. The molecule has 3 aromatic rings. The molecule has 1 N–H and O–H groups in total. The number of nitro groups is 1. The molecule has 0 spiro atoms. The van der Waals surface area contributed by atoms with Gasteiger partial charge in [-0.3, -0.25) is 20.2 Å². The number of aromatic nitrogens is 2. The minimum Gasteiger partial charge on any atom is -0.403 e. The predicted octanol–water partition coefficient (Wildman–Crippen LogP) is 4.02. The molecular weight excluding hydrogens is 368 g/mol. The van der Waals surface area contributed by atoms with E-state index in [9.17, 15) is 14.9 Å². The summed E-state index contributed by atoms with van der Waals surface area (Å²) >= 11 is 1.55. The van der Waals surface area contributed by atoms with E-state index in [1.807, 2.05) is 30.5 Å². The van der Waals surface area contributed by atoms with E-state index in [1.54, 1.807) is 23.9 Å². The van der Waals surface area contributed by atoms with Crippen LogP contribution in [0.25, 0.3) is 17.5 Å². The lowest BCUT2D eigenvalue weighted by Crippen LogP contribution is -2.07. The first-order valence-corrected chi connectivity index (χ1v) is 8.99. The first-order valence-electron chi connectivity index (χ1n) is 7.77. The lowest BCUT2D eigenvalue weighted by Gasteiger charge is -2.01. The van der Waals surface area contributed by atoms with Gasteiger partial charge < -0.3 is 4.42 Å². The average Bonchev–Trinajstić information content (AvgIpc) is 3.14. The quantitative estimate of drug-likeness (QED) is 0.297. The maximum atomic E-state index is 12.0. The summed E-state index contributed by atoms with van der Waals surface area (Å²) in [6.07, 6.45) is 4.64. The van der Waals surface area contributed by atoms with E-state index in [2.05, 4.69) is 15.5 Å². The largest absolute Gasteiger partial charge is 0.403 e. The van der Waals surface area contributed by atoms with Crippen molar-refractivity contribution in [3.05, 3.63) is 70.3 Å². The van der Waals surface area contributed by atoms with Crippen LogP contribution in [-0.4, -0.2) is 27.3 Å². The van der Waals surface area contributed by atoms with Gasteiger partial charge in [0.25, 0.3) is 17.5 Å². The molecule has 0 radical (unpaired) electrons. The number of nitro benzene ring substituents is 1.